The van der Waals surface area contributed by atoms with Crippen molar-refractivity contribution in [3.63, 3.8) is 0 Å². The van der Waals surface area contributed by atoms with E-state index in [1.165, 1.54) is 11.9 Å². The molecule has 1 fully saturated rings. The van der Waals surface area contributed by atoms with Gasteiger partial charge >= 0.3 is 6.03 Å². The number of nitrogens with zero attached hydrogens (tertiary/aromatic N) is 2. The molecule has 0 aromatic carbocycles. The van der Waals surface area contributed by atoms with Crippen molar-refractivity contribution in [1.29, 1.82) is 0 Å². The fourth-order valence-electron chi connectivity index (χ4n) is 1.18. The van der Waals surface area contributed by atoms with E-state index in [4.69, 9.17) is 0 Å². The number of imide groups is 1. The predicted molar refractivity (Wildman–Crippen MR) is 48.4 cm³/mol. The van der Waals surface area contributed by atoms with Gasteiger partial charge in [0, 0.05) is 21.1 Å². The molecule has 0 unspecified atom stereocenters. The molecule has 6 heteroatoms. The van der Waals surface area contributed by atoms with Crippen molar-refractivity contribution in [1.82, 2.24) is 15.1 Å². The molecule has 4 amide bonds. The van der Waals surface area contributed by atoms with Crippen LogP contribution in [0.2, 0.25) is 0 Å². The first-order valence-electron chi connectivity index (χ1n) is 4.21. The summed E-state index contributed by atoms with van der Waals surface area (Å²) in [6.07, 6.45) is 0.0270. The Hall–Kier alpha value is -1.59. The summed E-state index contributed by atoms with van der Waals surface area (Å²) in [6.45, 7) is 0. The number of hydrogen-bond donors (Lipinski definition) is 1. The van der Waals surface area contributed by atoms with Crippen LogP contribution in [0.4, 0.5) is 4.79 Å². The summed E-state index contributed by atoms with van der Waals surface area (Å²) >= 11 is 0. The molecule has 0 radical (unpaired) electrons. The third-order valence-corrected chi connectivity index (χ3v) is 2.09. The zero-order chi connectivity index (χ0) is 10.9. The number of likely N-dealkylation sites (N-methyl/N-ethyl adjacent to an activating group) is 1. The van der Waals surface area contributed by atoms with Crippen LogP contribution in [0.5, 0.6) is 0 Å². The largest absolute Gasteiger partial charge is 0.347 e. The molecule has 1 aliphatic rings. The van der Waals surface area contributed by atoms with Gasteiger partial charge in [-0.3, -0.25) is 14.5 Å². The number of rotatable bonds is 1. The molecule has 0 spiro atoms. The lowest BCUT2D eigenvalue weighted by molar-refractivity contribution is -0.137. The van der Waals surface area contributed by atoms with Crippen LogP contribution in [-0.2, 0) is 9.59 Å². The van der Waals surface area contributed by atoms with E-state index in [1.54, 1.807) is 14.1 Å². The molecule has 1 aliphatic heterocycles. The van der Waals surface area contributed by atoms with Crippen molar-refractivity contribution in [2.24, 2.45) is 0 Å². The van der Waals surface area contributed by atoms with Crippen LogP contribution in [-0.4, -0.2) is 54.8 Å². The molecular formula is C8H13N3O3. The van der Waals surface area contributed by atoms with Crippen molar-refractivity contribution in [2.75, 3.05) is 21.1 Å². The number of carbonyl (C=O) groups is 3. The number of carbonyl (C=O) groups excluding carboxylic acids is 3. The van der Waals surface area contributed by atoms with Crippen LogP contribution in [0.25, 0.3) is 0 Å². The normalized spacial score (nSPS) is 21.9. The van der Waals surface area contributed by atoms with Gasteiger partial charge in [0.15, 0.2) is 0 Å². The summed E-state index contributed by atoms with van der Waals surface area (Å²) in [5.74, 6) is -0.603. The second-order valence-electron chi connectivity index (χ2n) is 3.39. The van der Waals surface area contributed by atoms with E-state index < -0.39 is 12.1 Å². The van der Waals surface area contributed by atoms with E-state index in [-0.39, 0.29) is 18.2 Å². The molecule has 6 nitrogen and oxygen atoms in total. The summed E-state index contributed by atoms with van der Waals surface area (Å²) in [6, 6.07) is -1.25. The van der Waals surface area contributed by atoms with Crippen LogP contribution in [0.3, 0.4) is 0 Å². The molecule has 1 rings (SSSR count). The Bertz CT molecular complexity index is 270. The highest BCUT2D eigenvalue weighted by atomic mass is 16.2. The third-order valence-electron chi connectivity index (χ3n) is 2.09. The Morgan fingerprint density at radius 1 is 1.50 bits per heavy atom. The highest BCUT2D eigenvalue weighted by Gasteiger charge is 2.33. The maximum absolute atomic E-state index is 11.4. The van der Waals surface area contributed by atoms with Crippen LogP contribution in [0, 0.1) is 0 Å². The fourth-order valence-corrected chi connectivity index (χ4v) is 1.18. The Morgan fingerprint density at radius 3 is 2.50 bits per heavy atom. The molecule has 0 saturated carbocycles. The first-order chi connectivity index (χ1) is 6.43. The van der Waals surface area contributed by atoms with E-state index in [9.17, 15) is 14.4 Å². The number of urea groups is 1. The standard InChI is InChI=1S/C8H13N3O3/c1-10(2)7(13)5-4-6(12)11(3)8(14)9-5/h5H,4H2,1-3H3,(H,9,14)/t5-/m0/s1. The average molecular weight is 199 g/mol. The van der Waals surface area contributed by atoms with Gasteiger partial charge in [0.2, 0.25) is 11.8 Å². The Balaban J connectivity index is 2.72. The van der Waals surface area contributed by atoms with Gasteiger partial charge in [-0.2, -0.15) is 0 Å². The summed E-state index contributed by atoms with van der Waals surface area (Å²) in [5.41, 5.74) is 0. The highest BCUT2D eigenvalue weighted by molar-refractivity contribution is 6.02. The third kappa shape index (κ3) is 1.84. The summed E-state index contributed by atoms with van der Waals surface area (Å²) in [5, 5.41) is 2.45. The molecular weight excluding hydrogens is 186 g/mol. The van der Waals surface area contributed by atoms with Gasteiger partial charge in [-0.25, -0.2) is 4.79 Å². The quantitative estimate of drug-likeness (QED) is 0.589. The molecule has 1 heterocycles. The molecule has 14 heavy (non-hydrogen) atoms. The fraction of sp³-hybridized carbons (Fsp3) is 0.625. The summed E-state index contributed by atoms with van der Waals surface area (Å²) < 4.78 is 0. The number of hydrogen-bond acceptors (Lipinski definition) is 3. The predicted octanol–water partition coefficient (Wildman–Crippen LogP) is -0.985. The Labute approximate surface area is 81.8 Å². The van der Waals surface area contributed by atoms with Gasteiger partial charge in [0.25, 0.3) is 0 Å². The second kappa shape index (κ2) is 3.65. The van der Waals surface area contributed by atoms with Crippen molar-refractivity contribution in [2.45, 2.75) is 12.5 Å². The molecule has 1 atom stereocenters. The van der Waals surface area contributed by atoms with Crippen LogP contribution in [0.15, 0.2) is 0 Å². The number of amides is 4. The van der Waals surface area contributed by atoms with E-state index >= 15 is 0 Å². The van der Waals surface area contributed by atoms with Crippen molar-refractivity contribution < 1.29 is 14.4 Å². The topological polar surface area (TPSA) is 69.7 Å². The number of nitrogens with one attached hydrogen (secondary N) is 1. The second-order valence-corrected chi connectivity index (χ2v) is 3.39. The van der Waals surface area contributed by atoms with Gasteiger partial charge in [-0.1, -0.05) is 0 Å². The molecule has 1 saturated heterocycles. The minimum atomic E-state index is -0.721. The molecule has 78 valence electrons. The van der Waals surface area contributed by atoms with Crippen LogP contribution >= 0.6 is 0 Å². The van der Waals surface area contributed by atoms with E-state index in [1.807, 2.05) is 0 Å². The van der Waals surface area contributed by atoms with Gasteiger partial charge in [-0.05, 0) is 0 Å². The Kier molecular flexibility index (Phi) is 2.73. The zero-order valence-electron chi connectivity index (χ0n) is 8.40. The van der Waals surface area contributed by atoms with E-state index in [0.29, 0.717) is 0 Å². The first-order valence-corrected chi connectivity index (χ1v) is 4.21. The lowest BCUT2D eigenvalue weighted by Gasteiger charge is -2.29. The highest BCUT2D eigenvalue weighted by Crippen LogP contribution is 2.06. The van der Waals surface area contributed by atoms with Crippen molar-refractivity contribution >= 4 is 17.8 Å². The van der Waals surface area contributed by atoms with Gasteiger partial charge in [0.1, 0.15) is 6.04 Å². The molecule has 1 N–H and O–H groups in total. The molecule has 0 aliphatic carbocycles. The van der Waals surface area contributed by atoms with Crippen molar-refractivity contribution in [3.05, 3.63) is 0 Å². The lowest BCUT2D eigenvalue weighted by Crippen LogP contribution is -2.57. The zero-order valence-corrected chi connectivity index (χ0v) is 8.40. The first kappa shape index (κ1) is 10.5. The summed E-state index contributed by atoms with van der Waals surface area (Å²) in [7, 11) is 4.54. The maximum atomic E-state index is 11.4. The van der Waals surface area contributed by atoms with Gasteiger partial charge < -0.3 is 10.2 Å². The van der Waals surface area contributed by atoms with Gasteiger partial charge in [-0.15, -0.1) is 0 Å². The smallest absolute Gasteiger partial charge is 0.324 e. The van der Waals surface area contributed by atoms with Crippen molar-refractivity contribution in [3.8, 4) is 0 Å². The summed E-state index contributed by atoms with van der Waals surface area (Å²) in [4.78, 5) is 36.2. The molecule has 0 aromatic rings. The van der Waals surface area contributed by atoms with Crippen LogP contribution < -0.4 is 5.32 Å². The molecule has 0 bridgehead atoms. The van der Waals surface area contributed by atoms with E-state index in [2.05, 4.69) is 5.32 Å². The minimum Gasteiger partial charge on any atom is -0.347 e. The SMILES string of the molecule is CN(C)C(=O)[C@@H]1CC(=O)N(C)C(=O)N1. The Morgan fingerprint density at radius 2 is 2.07 bits per heavy atom. The van der Waals surface area contributed by atoms with Crippen LogP contribution in [0.1, 0.15) is 6.42 Å². The average Bonchev–Trinajstić information content (AvgIpc) is 2.12. The van der Waals surface area contributed by atoms with E-state index in [0.717, 1.165) is 4.90 Å². The van der Waals surface area contributed by atoms with Gasteiger partial charge in [0.05, 0.1) is 6.42 Å². The lowest BCUT2D eigenvalue weighted by atomic mass is 10.1. The minimum absolute atomic E-state index is 0.0270. The molecule has 0 aromatic heterocycles. The monoisotopic (exact) mass is 199 g/mol. The maximum Gasteiger partial charge on any atom is 0.324 e.